The molecule has 0 spiro atoms. The Kier molecular flexibility index (Phi) is 9.08. The minimum Gasteiger partial charge on any atom is -0.497 e. The number of rotatable bonds is 7. The number of aromatic nitrogens is 2. The van der Waals surface area contributed by atoms with Gasteiger partial charge >= 0.3 is 18.2 Å². The van der Waals surface area contributed by atoms with Crippen LogP contribution >= 0.6 is 0 Å². The van der Waals surface area contributed by atoms with Gasteiger partial charge in [0.25, 0.3) is 0 Å². The van der Waals surface area contributed by atoms with Gasteiger partial charge < -0.3 is 28.2 Å². The van der Waals surface area contributed by atoms with Crippen LogP contribution in [-0.4, -0.2) is 76.4 Å². The molecule has 0 bridgehead atoms. The maximum absolute atomic E-state index is 13.3. The van der Waals surface area contributed by atoms with Gasteiger partial charge in [-0.15, -0.1) is 0 Å². The highest BCUT2D eigenvalue weighted by molar-refractivity contribution is 5.73. The predicted molar refractivity (Wildman–Crippen MR) is 137 cm³/mol. The lowest BCUT2D eigenvalue weighted by Gasteiger charge is -2.30. The molecule has 1 aromatic heterocycles. The number of likely N-dealkylation sites (tertiary alicyclic amines) is 1. The Morgan fingerprint density at radius 1 is 1.00 bits per heavy atom. The average Bonchev–Trinajstić information content (AvgIpc) is 3.35. The van der Waals surface area contributed by atoms with Gasteiger partial charge in [0, 0.05) is 6.92 Å². The molecule has 2 heterocycles. The normalized spacial score (nSPS) is 19.4. The zero-order valence-corrected chi connectivity index (χ0v) is 23.7. The third kappa shape index (κ3) is 8.86. The first-order valence-corrected chi connectivity index (χ1v) is 12.6. The summed E-state index contributed by atoms with van der Waals surface area (Å²) in [5.74, 6) is 0.442. The number of aryl methyl sites for hydroxylation is 1. The molecule has 1 saturated heterocycles. The van der Waals surface area contributed by atoms with E-state index in [-0.39, 0.29) is 25.2 Å². The van der Waals surface area contributed by atoms with E-state index in [0.717, 1.165) is 5.56 Å². The SMILES string of the molecule is COc1ccc(C[C@@H]2[C@H](OC(=O)Cc3noc(C)n3)[C@@H](OC(=O)OC(C)(C)C)CN2C(=O)OC(C)(C)C)cc1. The number of esters is 1. The highest BCUT2D eigenvalue weighted by Crippen LogP contribution is 2.30. The standard InChI is InChI=1S/C27H37N3O9/c1-16-28-21(29-39-16)14-22(31)36-23-19(13-17-9-11-18(34-8)12-10-17)30(24(32)37-26(2,3)4)15-20(23)35-25(33)38-27(5,6)7/h9-12,19-20,23H,13-15H2,1-8H3/t19-,20+,23+/m1/s1. The molecule has 12 nitrogen and oxygen atoms in total. The number of amides is 1. The summed E-state index contributed by atoms with van der Waals surface area (Å²) in [6.45, 7) is 11.9. The average molecular weight is 548 g/mol. The minimum absolute atomic E-state index is 0.0752. The van der Waals surface area contributed by atoms with Crippen LogP contribution in [0.15, 0.2) is 28.8 Å². The molecule has 39 heavy (non-hydrogen) atoms. The van der Waals surface area contributed by atoms with Crippen molar-refractivity contribution >= 4 is 18.2 Å². The Balaban J connectivity index is 1.93. The summed E-state index contributed by atoms with van der Waals surface area (Å²) in [4.78, 5) is 44.3. The van der Waals surface area contributed by atoms with Gasteiger partial charge in [0.2, 0.25) is 5.89 Å². The fourth-order valence-electron chi connectivity index (χ4n) is 4.01. The third-order valence-electron chi connectivity index (χ3n) is 5.53. The summed E-state index contributed by atoms with van der Waals surface area (Å²) < 4.78 is 32.6. The monoisotopic (exact) mass is 547 g/mol. The van der Waals surface area contributed by atoms with E-state index in [1.807, 2.05) is 12.1 Å². The molecule has 12 heteroatoms. The molecule has 3 rings (SSSR count). The van der Waals surface area contributed by atoms with Crippen molar-refractivity contribution in [1.29, 1.82) is 0 Å². The van der Waals surface area contributed by atoms with E-state index in [0.29, 0.717) is 11.6 Å². The number of carbonyl (C=O) groups is 3. The maximum atomic E-state index is 13.3. The summed E-state index contributed by atoms with van der Waals surface area (Å²) >= 11 is 0. The van der Waals surface area contributed by atoms with Crippen LogP contribution in [0.5, 0.6) is 5.75 Å². The Hall–Kier alpha value is -3.83. The van der Waals surface area contributed by atoms with Crippen molar-refractivity contribution in [3.8, 4) is 5.75 Å². The molecule has 0 unspecified atom stereocenters. The van der Waals surface area contributed by atoms with E-state index < -0.39 is 47.7 Å². The molecular weight excluding hydrogens is 510 g/mol. The van der Waals surface area contributed by atoms with Crippen molar-refractivity contribution in [2.45, 2.75) is 90.8 Å². The zero-order chi connectivity index (χ0) is 29.0. The number of nitrogens with zero attached hydrogens (tertiary/aromatic N) is 3. The van der Waals surface area contributed by atoms with Crippen molar-refractivity contribution in [2.24, 2.45) is 0 Å². The first kappa shape index (κ1) is 29.7. The van der Waals surface area contributed by atoms with E-state index in [9.17, 15) is 14.4 Å². The Morgan fingerprint density at radius 2 is 1.64 bits per heavy atom. The predicted octanol–water partition coefficient (Wildman–Crippen LogP) is 4.02. The van der Waals surface area contributed by atoms with Crippen LogP contribution < -0.4 is 4.74 Å². The van der Waals surface area contributed by atoms with Crippen molar-refractivity contribution in [3.63, 3.8) is 0 Å². The van der Waals surface area contributed by atoms with Crippen LogP contribution in [0.1, 0.15) is 58.8 Å². The molecule has 1 aliphatic heterocycles. The largest absolute Gasteiger partial charge is 0.509 e. The van der Waals surface area contributed by atoms with Gasteiger partial charge in [0.1, 0.15) is 23.4 Å². The van der Waals surface area contributed by atoms with Crippen LogP contribution in [0.3, 0.4) is 0 Å². The second-order valence-electron chi connectivity index (χ2n) is 11.2. The molecule has 3 atom stereocenters. The van der Waals surface area contributed by atoms with E-state index >= 15 is 0 Å². The second-order valence-corrected chi connectivity index (χ2v) is 11.2. The van der Waals surface area contributed by atoms with E-state index in [4.69, 9.17) is 28.2 Å². The van der Waals surface area contributed by atoms with Crippen molar-refractivity contribution in [1.82, 2.24) is 15.0 Å². The highest BCUT2D eigenvalue weighted by Gasteiger charge is 2.50. The molecule has 2 aromatic rings. The lowest BCUT2D eigenvalue weighted by Crippen LogP contribution is -2.45. The second kappa shape index (κ2) is 11.9. The quantitative estimate of drug-likeness (QED) is 0.367. The zero-order valence-electron chi connectivity index (χ0n) is 23.7. The van der Waals surface area contributed by atoms with Crippen molar-refractivity contribution < 1.29 is 42.6 Å². The molecule has 1 aromatic carbocycles. The van der Waals surface area contributed by atoms with Crippen molar-refractivity contribution in [3.05, 3.63) is 41.5 Å². The summed E-state index contributed by atoms with van der Waals surface area (Å²) in [6.07, 6.45) is -3.63. The van der Waals surface area contributed by atoms with E-state index in [1.54, 1.807) is 67.7 Å². The fourth-order valence-corrected chi connectivity index (χ4v) is 4.01. The summed E-state index contributed by atoms with van der Waals surface area (Å²) in [5.41, 5.74) is -0.762. The lowest BCUT2D eigenvalue weighted by atomic mass is 10.0. The molecule has 0 radical (unpaired) electrons. The number of hydrogen-bond acceptors (Lipinski definition) is 11. The summed E-state index contributed by atoms with van der Waals surface area (Å²) in [6, 6.07) is 6.54. The van der Waals surface area contributed by atoms with Gasteiger partial charge in [-0.3, -0.25) is 9.69 Å². The van der Waals surface area contributed by atoms with E-state index in [2.05, 4.69) is 10.1 Å². The van der Waals surface area contributed by atoms with Gasteiger partial charge in [-0.1, -0.05) is 17.3 Å². The van der Waals surface area contributed by atoms with Crippen LogP contribution in [0.4, 0.5) is 9.59 Å². The minimum atomic E-state index is -1.03. The van der Waals surface area contributed by atoms with Gasteiger partial charge in [0.15, 0.2) is 18.0 Å². The van der Waals surface area contributed by atoms with Gasteiger partial charge in [-0.05, 0) is 65.7 Å². The third-order valence-corrected chi connectivity index (χ3v) is 5.53. The van der Waals surface area contributed by atoms with Crippen molar-refractivity contribution in [2.75, 3.05) is 13.7 Å². The topological polar surface area (TPSA) is 140 Å². The molecule has 1 aliphatic rings. The number of ether oxygens (including phenoxy) is 5. The summed E-state index contributed by atoms with van der Waals surface area (Å²) in [5, 5.41) is 3.74. The molecule has 0 saturated carbocycles. The smallest absolute Gasteiger partial charge is 0.497 e. The number of methoxy groups -OCH3 is 1. The van der Waals surface area contributed by atoms with Gasteiger partial charge in [-0.2, -0.15) is 4.98 Å². The highest BCUT2D eigenvalue weighted by atomic mass is 16.7. The first-order chi connectivity index (χ1) is 18.1. The Labute approximate surface area is 227 Å². The molecule has 0 aliphatic carbocycles. The van der Waals surface area contributed by atoms with Crippen LogP contribution in [0.2, 0.25) is 0 Å². The molecular formula is C27H37N3O9. The summed E-state index contributed by atoms with van der Waals surface area (Å²) in [7, 11) is 1.57. The number of carbonyl (C=O) groups excluding carboxylic acids is 3. The van der Waals surface area contributed by atoms with Crippen LogP contribution in [0, 0.1) is 6.92 Å². The number of benzene rings is 1. The van der Waals surface area contributed by atoms with Crippen LogP contribution in [0.25, 0.3) is 0 Å². The van der Waals surface area contributed by atoms with Gasteiger partial charge in [0.05, 0.1) is 19.7 Å². The number of hydrogen-bond donors (Lipinski definition) is 0. The molecule has 1 amide bonds. The molecule has 1 fully saturated rings. The van der Waals surface area contributed by atoms with Gasteiger partial charge in [-0.25, -0.2) is 9.59 Å². The van der Waals surface area contributed by atoms with Crippen LogP contribution in [-0.2, 0) is 36.6 Å². The lowest BCUT2D eigenvalue weighted by molar-refractivity contribution is -0.155. The Morgan fingerprint density at radius 3 is 2.18 bits per heavy atom. The Bertz CT molecular complexity index is 1150. The maximum Gasteiger partial charge on any atom is 0.509 e. The van der Waals surface area contributed by atoms with E-state index in [1.165, 1.54) is 4.90 Å². The molecule has 214 valence electrons. The first-order valence-electron chi connectivity index (χ1n) is 12.6. The molecule has 0 N–H and O–H groups in total. The fraction of sp³-hybridized carbons (Fsp3) is 0.593.